The second-order valence-corrected chi connectivity index (χ2v) is 6.37. The zero-order valence-corrected chi connectivity index (χ0v) is 11.3. The van der Waals surface area contributed by atoms with Gasteiger partial charge in [-0.05, 0) is 38.3 Å². The van der Waals surface area contributed by atoms with Crippen LogP contribution in [0.5, 0.6) is 0 Å². The van der Waals surface area contributed by atoms with Crippen LogP contribution in [-0.4, -0.2) is 24.0 Å². The van der Waals surface area contributed by atoms with Crippen LogP contribution in [0.4, 0.5) is 0 Å². The minimum atomic E-state index is 0.397. The number of thiophene rings is 1. The van der Waals surface area contributed by atoms with Crippen molar-refractivity contribution in [3.63, 3.8) is 0 Å². The minimum Gasteiger partial charge on any atom is -0.327 e. The van der Waals surface area contributed by atoms with Crippen LogP contribution in [-0.2, 0) is 0 Å². The third-order valence-corrected chi connectivity index (χ3v) is 4.89. The van der Waals surface area contributed by atoms with E-state index in [-0.39, 0.29) is 0 Å². The number of hydrogen-bond donors (Lipinski definition) is 1. The van der Waals surface area contributed by atoms with E-state index in [1.165, 1.54) is 9.75 Å². The molecule has 2 heterocycles. The first-order valence-electron chi connectivity index (χ1n) is 6.14. The Labute approximate surface area is 102 Å². The molecule has 1 fully saturated rings. The van der Waals surface area contributed by atoms with Crippen molar-refractivity contribution in [1.29, 1.82) is 0 Å². The van der Waals surface area contributed by atoms with Crippen molar-refractivity contribution >= 4 is 11.3 Å². The van der Waals surface area contributed by atoms with Crippen molar-refractivity contribution in [2.24, 2.45) is 11.7 Å². The van der Waals surface area contributed by atoms with Gasteiger partial charge in [-0.3, -0.25) is 4.90 Å². The highest BCUT2D eigenvalue weighted by Gasteiger charge is 2.27. The molecule has 0 spiro atoms. The molecule has 3 unspecified atom stereocenters. The van der Waals surface area contributed by atoms with Gasteiger partial charge in [0.1, 0.15) is 0 Å². The Hall–Kier alpha value is -0.380. The monoisotopic (exact) mass is 238 g/mol. The number of hydrogen-bond acceptors (Lipinski definition) is 3. The van der Waals surface area contributed by atoms with E-state index in [0.717, 1.165) is 19.5 Å². The molecule has 2 N–H and O–H groups in total. The van der Waals surface area contributed by atoms with Gasteiger partial charge in [-0.25, -0.2) is 0 Å². The lowest BCUT2D eigenvalue weighted by atomic mass is 9.93. The van der Waals surface area contributed by atoms with Gasteiger partial charge in [-0.2, -0.15) is 0 Å². The fourth-order valence-corrected chi connectivity index (χ4v) is 3.37. The molecule has 1 saturated heterocycles. The van der Waals surface area contributed by atoms with Gasteiger partial charge >= 0.3 is 0 Å². The molecule has 2 nitrogen and oxygen atoms in total. The van der Waals surface area contributed by atoms with Crippen LogP contribution >= 0.6 is 11.3 Å². The molecule has 1 aromatic rings. The van der Waals surface area contributed by atoms with E-state index in [9.17, 15) is 0 Å². The molecule has 0 radical (unpaired) electrons. The van der Waals surface area contributed by atoms with Crippen LogP contribution in [0.15, 0.2) is 12.1 Å². The zero-order chi connectivity index (χ0) is 11.7. The van der Waals surface area contributed by atoms with Crippen molar-refractivity contribution in [2.45, 2.75) is 39.3 Å². The summed E-state index contributed by atoms with van der Waals surface area (Å²) < 4.78 is 0. The maximum absolute atomic E-state index is 6.06. The molecule has 3 atom stereocenters. The van der Waals surface area contributed by atoms with E-state index >= 15 is 0 Å². The lowest BCUT2D eigenvalue weighted by molar-refractivity contribution is 0.126. The van der Waals surface area contributed by atoms with Crippen LogP contribution in [0.25, 0.3) is 0 Å². The molecule has 16 heavy (non-hydrogen) atoms. The quantitative estimate of drug-likeness (QED) is 0.858. The molecule has 1 aliphatic rings. The first-order valence-corrected chi connectivity index (χ1v) is 6.95. The third kappa shape index (κ3) is 2.47. The maximum atomic E-state index is 6.06. The van der Waals surface area contributed by atoms with Gasteiger partial charge in [0, 0.05) is 34.9 Å². The number of likely N-dealkylation sites (tertiary alicyclic amines) is 1. The van der Waals surface area contributed by atoms with Gasteiger partial charge < -0.3 is 5.73 Å². The Balaban J connectivity index is 2.02. The summed E-state index contributed by atoms with van der Waals surface area (Å²) in [6.07, 6.45) is 1.13. The summed E-state index contributed by atoms with van der Waals surface area (Å²) in [6.45, 7) is 9.04. The Morgan fingerprint density at radius 2 is 2.25 bits per heavy atom. The van der Waals surface area contributed by atoms with Crippen LogP contribution in [0.3, 0.4) is 0 Å². The van der Waals surface area contributed by atoms with Crippen LogP contribution in [0.1, 0.15) is 36.1 Å². The van der Waals surface area contributed by atoms with Crippen molar-refractivity contribution in [1.82, 2.24) is 4.90 Å². The Morgan fingerprint density at radius 1 is 1.50 bits per heavy atom. The number of nitrogens with zero attached hydrogens (tertiary/aromatic N) is 1. The van der Waals surface area contributed by atoms with Gasteiger partial charge in [-0.15, -0.1) is 11.3 Å². The van der Waals surface area contributed by atoms with Crippen molar-refractivity contribution in [3.05, 3.63) is 21.9 Å². The SMILES string of the molecule is Cc1ccc(C(C)N2CCC(N)C(C)C2)s1. The smallest absolute Gasteiger partial charge is 0.0413 e. The van der Waals surface area contributed by atoms with Crippen LogP contribution in [0.2, 0.25) is 0 Å². The minimum absolute atomic E-state index is 0.397. The van der Waals surface area contributed by atoms with E-state index < -0.39 is 0 Å². The summed E-state index contributed by atoms with van der Waals surface area (Å²) in [7, 11) is 0. The average Bonchev–Trinajstić information content (AvgIpc) is 2.68. The highest BCUT2D eigenvalue weighted by molar-refractivity contribution is 7.12. The Morgan fingerprint density at radius 3 is 2.81 bits per heavy atom. The van der Waals surface area contributed by atoms with E-state index in [2.05, 4.69) is 37.8 Å². The molecule has 0 amide bonds. The second-order valence-electron chi connectivity index (χ2n) is 5.05. The molecule has 1 aromatic heterocycles. The lowest BCUT2D eigenvalue weighted by Gasteiger charge is -2.38. The first kappa shape index (κ1) is 12.1. The first-order chi connectivity index (χ1) is 7.58. The highest BCUT2D eigenvalue weighted by Crippen LogP contribution is 2.30. The molecule has 0 saturated carbocycles. The largest absolute Gasteiger partial charge is 0.327 e. The lowest BCUT2D eigenvalue weighted by Crippen LogP contribution is -2.46. The summed E-state index contributed by atoms with van der Waals surface area (Å²) in [6, 6.07) is 5.43. The van der Waals surface area contributed by atoms with Crippen molar-refractivity contribution in [3.8, 4) is 0 Å². The Bertz CT molecular complexity index is 347. The Kier molecular flexibility index (Phi) is 3.67. The van der Waals surface area contributed by atoms with Gasteiger partial charge in [-0.1, -0.05) is 6.92 Å². The van der Waals surface area contributed by atoms with Crippen LogP contribution < -0.4 is 5.73 Å². The number of nitrogens with two attached hydrogens (primary N) is 1. The van der Waals surface area contributed by atoms with Gasteiger partial charge in [0.25, 0.3) is 0 Å². The van der Waals surface area contributed by atoms with Crippen LogP contribution in [0, 0.1) is 12.8 Å². The fourth-order valence-electron chi connectivity index (χ4n) is 2.41. The van der Waals surface area contributed by atoms with Gasteiger partial charge in [0.15, 0.2) is 0 Å². The number of aryl methyl sites for hydroxylation is 1. The number of rotatable bonds is 2. The summed E-state index contributed by atoms with van der Waals surface area (Å²) in [5, 5.41) is 0. The highest BCUT2D eigenvalue weighted by atomic mass is 32.1. The standard InChI is InChI=1S/C13H22N2S/c1-9-8-15(7-6-12(9)14)11(3)13-5-4-10(2)16-13/h4-5,9,11-12H,6-8,14H2,1-3H3. The summed E-state index contributed by atoms with van der Waals surface area (Å²) in [5.74, 6) is 0.622. The predicted molar refractivity (Wildman–Crippen MR) is 70.8 cm³/mol. The molecule has 90 valence electrons. The molecule has 1 aliphatic heterocycles. The molecule has 2 rings (SSSR count). The van der Waals surface area contributed by atoms with Crippen molar-refractivity contribution in [2.75, 3.05) is 13.1 Å². The molecular formula is C13H22N2S. The second kappa shape index (κ2) is 4.86. The topological polar surface area (TPSA) is 29.3 Å². The molecule has 3 heteroatoms. The molecule has 0 aromatic carbocycles. The van der Waals surface area contributed by atoms with E-state index in [1.54, 1.807) is 0 Å². The van der Waals surface area contributed by atoms with Crippen molar-refractivity contribution < 1.29 is 0 Å². The maximum Gasteiger partial charge on any atom is 0.0413 e. The molecule has 0 bridgehead atoms. The normalized spacial score (nSPS) is 29.2. The summed E-state index contributed by atoms with van der Waals surface area (Å²) >= 11 is 1.92. The fraction of sp³-hybridized carbons (Fsp3) is 0.692. The summed E-state index contributed by atoms with van der Waals surface area (Å²) in [4.78, 5) is 5.46. The van der Waals surface area contributed by atoms with Gasteiger partial charge in [0.05, 0.1) is 0 Å². The van der Waals surface area contributed by atoms with E-state index in [4.69, 9.17) is 5.73 Å². The molecule has 0 aliphatic carbocycles. The van der Waals surface area contributed by atoms with Gasteiger partial charge in [0.2, 0.25) is 0 Å². The third-order valence-electron chi connectivity index (χ3n) is 3.72. The average molecular weight is 238 g/mol. The zero-order valence-electron chi connectivity index (χ0n) is 10.4. The van der Waals surface area contributed by atoms with E-state index in [1.807, 2.05) is 11.3 Å². The predicted octanol–water partition coefficient (Wildman–Crippen LogP) is 2.79. The molecular weight excluding hydrogens is 216 g/mol. The van der Waals surface area contributed by atoms with E-state index in [0.29, 0.717) is 18.0 Å². The number of piperidine rings is 1. The summed E-state index contributed by atoms with van der Waals surface area (Å²) in [5.41, 5.74) is 6.06.